The lowest BCUT2D eigenvalue weighted by Crippen LogP contribution is -2.18. The zero-order valence-corrected chi connectivity index (χ0v) is 14.3. The van der Waals surface area contributed by atoms with Gasteiger partial charge in [-0.3, -0.25) is 0 Å². The molecule has 0 N–H and O–H groups in total. The molecule has 2 heteroatoms. The van der Waals surface area contributed by atoms with E-state index in [1.807, 2.05) is 12.2 Å². The molecule has 0 unspecified atom stereocenters. The fourth-order valence-corrected chi connectivity index (χ4v) is 2.13. The largest absolute Gasteiger partial charge is 0.353 e. The van der Waals surface area contributed by atoms with E-state index < -0.39 is 0 Å². The Kier molecular flexibility index (Phi) is 17.0. The summed E-state index contributed by atoms with van der Waals surface area (Å²) in [4.78, 5) is 0. The summed E-state index contributed by atoms with van der Waals surface area (Å²) in [5.41, 5.74) is 0. The summed E-state index contributed by atoms with van der Waals surface area (Å²) in [7, 11) is 0. The maximum atomic E-state index is 5.89. The number of ether oxygens (including phenoxy) is 2. The van der Waals surface area contributed by atoms with Crippen LogP contribution < -0.4 is 0 Å². The van der Waals surface area contributed by atoms with Crippen LogP contribution in [0.3, 0.4) is 0 Å². The van der Waals surface area contributed by atoms with Gasteiger partial charge in [0.05, 0.1) is 0 Å². The van der Waals surface area contributed by atoms with Crippen LogP contribution in [0.1, 0.15) is 78.1 Å². The fourth-order valence-electron chi connectivity index (χ4n) is 2.13. The highest BCUT2D eigenvalue weighted by atomic mass is 16.7. The van der Waals surface area contributed by atoms with E-state index in [-0.39, 0.29) is 6.29 Å². The molecule has 0 amide bonds. The standard InChI is InChI=1S/C19H36O2/c1-4-7-10-13-16-19(20-17-14-11-8-5-2)21-18-15-12-9-6-3/h4,7,10,19H,1,5-6,8-9,11-18H2,2-3H3/b10-7-. The summed E-state index contributed by atoms with van der Waals surface area (Å²) in [5.74, 6) is 0. The minimum atomic E-state index is -0.0391. The normalized spacial score (nSPS) is 11.6. The Bertz CT molecular complexity index is 222. The first-order valence-corrected chi connectivity index (χ1v) is 8.85. The Morgan fingerprint density at radius 3 is 1.90 bits per heavy atom. The van der Waals surface area contributed by atoms with E-state index in [0.29, 0.717) is 0 Å². The Hall–Kier alpha value is -0.600. The Balaban J connectivity index is 3.79. The first-order valence-electron chi connectivity index (χ1n) is 8.85. The summed E-state index contributed by atoms with van der Waals surface area (Å²) < 4.78 is 11.8. The van der Waals surface area contributed by atoms with E-state index in [0.717, 1.165) is 38.9 Å². The zero-order valence-electron chi connectivity index (χ0n) is 14.3. The van der Waals surface area contributed by atoms with Crippen LogP contribution in [-0.4, -0.2) is 19.5 Å². The monoisotopic (exact) mass is 296 g/mol. The average molecular weight is 296 g/mol. The molecule has 0 bridgehead atoms. The van der Waals surface area contributed by atoms with E-state index in [1.165, 1.54) is 38.5 Å². The predicted molar refractivity (Wildman–Crippen MR) is 92.5 cm³/mol. The lowest BCUT2D eigenvalue weighted by atomic mass is 10.2. The van der Waals surface area contributed by atoms with Crippen LogP contribution in [-0.2, 0) is 9.47 Å². The number of allylic oxidation sites excluding steroid dienone is 3. The van der Waals surface area contributed by atoms with Crippen LogP contribution in [0.5, 0.6) is 0 Å². The molecule has 124 valence electrons. The molecular weight excluding hydrogens is 260 g/mol. The van der Waals surface area contributed by atoms with Gasteiger partial charge >= 0.3 is 0 Å². The molecule has 0 rings (SSSR count). The molecule has 0 spiro atoms. The van der Waals surface area contributed by atoms with Gasteiger partial charge in [0.1, 0.15) is 0 Å². The lowest BCUT2D eigenvalue weighted by Gasteiger charge is -2.18. The van der Waals surface area contributed by atoms with Gasteiger partial charge in [-0.15, -0.1) is 0 Å². The number of unbranched alkanes of at least 4 members (excludes halogenated alkanes) is 6. The van der Waals surface area contributed by atoms with Crippen molar-refractivity contribution < 1.29 is 9.47 Å². The molecule has 0 aliphatic heterocycles. The van der Waals surface area contributed by atoms with Gasteiger partial charge in [0.2, 0.25) is 0 Å². The maximum Gasteiger partial charge on any atom is 0.157 e. The second kappa shape index (κ2) is 17.5. The number of rotatable bonds is 16. The van der Waals surface area contributed by atoms with E-state index in [4.69, 9.17) is 9.47 Å². The number of hydrogen-bond acceptors (Lipinski definition) is 2. The molecular formula is C19H36O2. The molecule has 0 saturated carbocycles. The van der Waals surface area contributed by atoms with Crippen molar-refractivity contribution >= 4 is 0 Å². The van der Waals surface area contributed by atoms with E-state index in [9.17, 15) is 0 Å². The van der Waals surface area contributed by atoms with Crippen molar-refractivity contribution in [1.82, 2.24) is 0 Å². The quantitative estimate of drug-likeness (QED) is 0.197. The Morgan fingerprint density at radius 1 is 0.857 bits per heavy atom. The Labute approximate surface area is 132 Å². The van der Waals surface area contributed by atoms with Crippen molar-refractivity contribution in [3.8, 4) is 0 Å². The molecule has 0 heterocycles. The summed E-state index contributed by atoms with van der Waals surface area (Å²) >= 11 is 0. The molecule has 21 heavy (non-hydrogen) atoms. The van der Waals surface area contributed by atoms with E-state index in [1.54, 1.807) is 0 Å². The summed E-state index contributed by atoms with van der Waals surface area (Å²) in [6.07, 6.45) is 17.8. The highest BCUT2D eigenvalue weighted by molar-refractivity contribution is 4.96. The minimum Gasteiger partial charge on any atom is -0.353 e. The van der Waals surface area contributed by atoms with Gasteiger partial charge < -0.3 is 9.47 Å². The lowest BCUT2D eigenvalue weighted by molar-refractivity contribution is -0.146. The van der Waals surface area contributed by atoms with Gasteiger partial charge in [-0.2, -0.15) is 0 Å². The third-order valence-electron chi connectivity index (χ3n) is 3.44. The van der Waals surface area contributed by atoms with Crippen LogP contribution in [0.15, 0.2) is 24.8 Å². The summed E-state index contributed by atoms with van der Waals surface area (Å²) in [6, 6.07) is 0. The van der Waals surface area contributed by atoms with Gasteiger partial charge in [-0.05, 0) is 19.3 Å². The zero-order chi connectivity index (χ0) is 15.6. The molecule has 0 radical (unpaired) electrons. The molecule has 2 nitrogen and oxygen atoms in total. The molecule has 0 saturated heterocycles. The third kappa shape index (κ3) is 15.6. The highest BCUT2D eigenvalue weighted by Crippen LogP contribution is 2.10. The van der Waals surface area contributed by atoms with Gasteiger partial charge in [0, 0.05) is 19.6 Å². The van der Waals surface area contributed by atoms with Crippen molar-refractivity contribution in [2.75, 3.05) is 13.2 Å². The average Bonchev–Trinajstić information content (AvgIpc) is 2.50. The highest BCUT2D eigenvalue weighted by Gasteiger charge is 2.08. The third-order valence-corrected chi connectivity index (χ3v) is 3.44. The summed E-state index contributed by atoms with van der Waals surface area (Å²) in [5, 5.41) is 0. The van der Waals surface area contributed by atoms with Crippen LogP contribution >= 0.6 is 0 Å². The van der Waals surface area contributed by atoms with Crippen LogP contribution in [0.25, 0.3) is 0 Å². The minimum absolute atomic E-state index is 0.0391. The van der Waals surface area contributed by atoms with Gasteiger partial charge in [-0.1, -0.05) is 77.2 Å². The Morgan fingerprint density at radius 2 is 1.43 bits per heavy atom. The molecule has 0 aromatic heterocycles. The molecule has 0 aliphatic rings. The molecule has 0 fully saturated rings. The maximum absolute atomic E-state index is 5.89. The van der Waals surface area contributed by atoms with Crippen LogP contribution in [0.2, 0.25) is 0 Å². The predicted octanol–water partition coefficient (Wildman–Crippen LogP) is 6.03. The number of hydrogen-bond donors (Lipinski definition) is 0. The second-order valence-corrected chi connectivity index (χ2v) is 5.53. The van der Waals surface area contributed by atoms with Crippen molar-refractivity contribution in [2.24, 2.45) is 0 Å². The molecule has 0 aromatic rings. The van der Waals surface area contributed by atoms with Crippen molar-refractivity contribution in [3.63, 3.8) is 0 Å². The first kappa shape index (κ1) is 20.4. The SMILES string of the molecule is C=C/C=C\CCC(OCCCCCC)OCCCCCC. The van der Waals surface area contributed by atoms with Crippen LogP contribution in [0, 0.1) is 0 Å². The first-order chi connectivity index (χ1) is 10.3. The van der Waals surface area contributed by atoms with Crippen molar-refractivity contribution in [2.45, 2.75) is 84.3 Å². The van der Waals surface area contributed by atoms with Gasteiger partial charge in [0.15, 0.2) is 6.29 Å². The fraction of sp³-hybridized carbons (Fsp3) is 0.789. The molecule has 0 aliphatic carbocycles. The molecule has 0 atom stereocenters. The van der Waals surface area contributed by atoms with Crippen LogP contribution in [0.4, 0.5) is 0 Å². The smallest absolute Gasteiger partial charge is 0.157 e. The van der Waals surface area contributed by atoms with Gasteiger partial charge in [-0.25, -0.2) is 0 Å². The van der Waals surface area contributed by atoms with Crippen molar-refractivity contribution in [3.05, 3.63) is 24.8 Å². The van der Waals surface area contributed by atoms with E-state index in [2.05, 4.69) is 26.5 Å². The topological polar surface area (TPSA) is 18.5 Å². The molecule has 0 aromatic carbocycles. The van der Waals surface area contributed by atoms with E-state index >= 15 is 0 Å². The second-order valence-electron chi connectivity index (χ2n) is 5.53. The van der Waals surface area contributed by atoms with Gasteiger partial charge in [0.25, 0.3) is 0 Å². The van der Waals surface area contributed by atoms with Crippen molar-refractivity contribution in [1.29, 1.82) is 0 Å². The summed E-state index contributed by atoms with van der Waals surface area (Å²) in [6.45, 7) is 9.80.